The van der Waals surface area contributed by atoms with E-state index in [1.54, 1.807) is 36.6 Å². The van der Waals surface area contributed by atoms with E-state index in [-0.39, 0.29) is 12.4 Å². The molecule has 0 unspecified atom stereocenters. The molecule has 1 amide bonds. The standard InChI is InChI=1S/C15H18N2O5S2/c1-10-12(22-15(19)21-10)8-20-14(18)17-6-7-24-9-11-13(23-2)4-3-5-16-11/h3-5H,6-9H2,1-2H3,(H,17,18). The van der Waals surface area contributed by atoms with E-state index < -0.39 is 11.9 Å². The van der Waals surface area contributed by atoms with Crippen LogP contribution in [0.3, 0.4) is 0 Å². The number of nitrogens with one attached hydrogen (secondary N) is 1. The van der Waals surface area contributed by atoms with E-state index in [1.165, 1.54) is 0 Å². The Kier molecular flexibility index (Phi) is 7.26. The number of carbonyl (C=O) groups is 1. The summed E-state index contributed by atoms with van der Waals surface area (Å²) in [4.78, 5) is 27.9. The fourth-order valence-corrected chi connectivity index (χ4v) is 3.28. The highest BCUT2D eigenvalue weighted by atomic mass is 32.2. The molecule has 2 rings (SSSR count). The van der Waals surface area contributed by atoms with Crippen LogP contribution in [-0.2, 0) is 17.1 Å². The van der Waals surface area contributed by atoms with Gasteiger partial charge in [-0.15, -0.1) is 11.8 Å². The van der Waals surface area contributed by atoms with E-state index in [9.17, 15) is 9.59 Å². The zero-order chi connectivity index (χ0) is 17.4. The number of thioether (sulfide) groups is 2. The SMILES string of the molecule is CSc1cccnc1CSCCNC(=O)OCc1oc(=O)oc1C. The average Bonchev–Trinajstić information content (AvgIpc) is 2.90. The summed E-state index contributed by atoms with van der Waals surface area (Å²) < 4.78 is 14.4. The summed E-state index contributed by atoms with van der Waals surface area (Å²) in [6.45, 7) is 1.90. The number of aryl methyl sites for hydroxylation is 1. The fraction of sp³-hybridized carbons (Fsp3) is 0.400. The number of alkyl carbamates (subject to hydrolysis) is 1. The van der Waals surface area contributed by atoms with Crippen molar-refractivity contribution in [3.05, 3.63) is 46.2 Å². The zero-order valence-electron chi connectivity index (χ0n) is 13.4. The third-order valence-electron chi connectivity index (χ3n) is 2.99. The van der Waals surface area contributed by atoms with E-state index in [2.05, 4.69) is 14.7 Å². The van der Waals surface area contributed by atoms with Gasteiger partial charge in [-0.1, -0.05) is 0 Å². The third kappa shape index (κ3) is 5.64. The lowest BCUT2D eigenvalue weighted by Gasteiger charge is -2.07. The number of hydrogen-bond donors (Lipinski definition) is 1. The monoisotopic (exact) mass is 370 g/mol. The predicted molar refractivity (Wildman–Crippen MR) is 92.3 cm³/mol. The van der Waals surface area contributed by atoms with Gasteiger partial charge in [-0.3, -0.25) is 4.98 Å². The minimum atomic E-state index is -0.804. The molecule has 9 heteroatoms. The number of hydrogen-bond acceptors (Lipinski definition) is 8. The number of rotatable bonds is 8. The summed E-state index contributed by atoms with van der Waals surface area (Å²) in [6.07, 6.45) is 3.23. The summed E-state index contributed by atoms with van der Waals surface area (Å²) >= 11 is 3.34. The van der Waals surface area contributed by atoms with Crippen LogP contribution in [0.15, 0.2) is 36.9 Å². The van der Waals surface area contributed by atoms with Crippen molar-refractivity contribution in [3.8, 4) is 0 Å². The van der Waals surface area contributed by atoms with Crippen LogP contribution in [0.4, 0.5) is 4.79 Å². The minimum absolute atomic E-state index is 0.137. The van der Waals surface area contributed by atoms with Crippen molar-refractivity contribution in [2.75, 3.05) is 18.6 Å². The highest BCUT2D eigenvalue weighted by Crippen LogP contribution is 2.21. The van der Waals surface area contributed by atoms with Crippen molar-refractivity contribution in [1.82, 2.24) is 10.3 Å². The van der Waals surface area contributed by atoms with Crippen molar-refractivity contribution >= 4 is 29.6 Å². The van der Waals surface area contributed by atoms with Crippen LogP contribution in [0.5, 0.6) is 0 Å². The second-order valence-electron chi connectivity index (χ2n) is 4.64. The largest absolute Gasteiger partial charge is 0.519 e. The molecule has 0 fully saturated rings. The molecule has 2 aromatic heterocycles. The van der Waals surface area contributed by atoms with Gasteiger partial charge in [0, 0.05) is 29.1 Å². The summed E-state index contributed by atoms with van der Waals surface area (Å²) in [5.41, 5.74) is 1.04. The topological polar surface area (TPSA) is 94.6 Å². The predicted octanol–water partition coefficient (Wildman–Crippen LogP) is 2.82. The number of amides is 1. The quantitative estimate of drug-likeness (QED) is 0.560. The Balaban J connectivity index is 1.62. The lowest BCUT2D eigenvalue weighted by Crippen LogP contribution is -2.26. The fourth-order valence-electron chi connectivity index (χ4n) is 1.80. The summed E-state index contributed by atoms with van der Waals surface area (Å²) in [5.74, 6) is 1.24. The molecule has 0 atom stereocenters. The smallest absolute Gasteiger partial charge is 0.441 e. The van der Waals surface area contributed by atoms with Gasteiger partial charge in [-0.05, 0) is 25.3 Å². The molecular formula is C15H18N2O5S2. The molecular weight excluding hydrogens is 352 g/mol. The summed E-state index contributed by atoms with van der Waals surface area (Å²) in [5, 5.41) is 2.64. The summed E-state index contributed by atoms with van der Waals surface area (Å²) in [6, 6.07) is 3.96. The second-order valence-corrected chi connectivity index (χ2v) is 6.59. The first-order valence-electron chi connectivity index (χ1n) is 7.16. The average molecular weight is 370 g/mol. The maximum absolute atomic E-state index is 11.6. The lowest BCUT2D eigenvalue weighted by atomic mass is 10.4. The highest BCUT2D eigenvalue weighted by Gasteiger charge is 2.11. The first-order valence-corrected chi connectivity index (χ1v) is 9.53. The Morgan fingerprint density at radius 3 is 2.96 bits per heavy atom. The molecule has 7 nitrogen and oxygen atoms in total. The van der Waals surface area contributed by atoms with Crippen LogP contribution in [0.1, 0.15) is 17.2 Å². The molecule has 24 heavy (non-hydrogen) atoms. The van der Waals surface area contributed by atoms with Crippen molar-refractivity contribution < 1.29 is 18.4 Å². The molecule has 0 saturated carbocycles. The van der Waals surface area contributed by atoms with Crippen LogP contribution in [0.2, 0.25) is 0 Å². The minimum Gasteiger partial charge on any atom is -0.441 e. The molecule has 0 saturated heterocycles. The molecule has 2 aromatic rings. The Morgan fingerprint density at radius 1 is 1.42 bits per heavy atom. The van der Waals surface area contributed by atoms with E-state index in [4.69, 9.17) is 9.15 Å². The zero-order valence-corrected chi connectivity index (χ0v) is 15.0. The number of nitrogens with zero attached hydrogens (tertiary/aromatic N) is 1. The van der Waals surface area contributed by atoms with Crippen LogP contribution < -0.4 is 11.1 Å². The molecule has 1 N–H and O–H groups in total. The summed E-state index contributed by atoms with van der Waals surface area (Å²) in [7, 11) is 0. The van der Waals surface area contributed by atoms with Gasteiger partial charge in [0.2, 0.25) is 0 Å². The normalized spacial score (nSPS) is 10.6. The molecule has 130 valence electrons. The van der Waals surface area contributed by atoms with Gasteiger partial charge in [0.15, 0.2) is 18.1 Å². The van der Waals surface area contributed by atoms with E-state index >= 15 is 0 Å². The van der Waals surface area contributed by atoms with Crippen LogP contribution in [0, 0.1) is 6.92 Å². The van der Waals surface area contributed by atoms with E-state index in [0.29, 0.717) is 12.3 Å². The molecule has 0 radical (unpaired) electrons. The number of aromatic nitrogens is 1. The second kappa shape index (κ2) is 9.43. The molecule has 2 heterocycles. The van der Waals surface area contributed by atoms with Gasteiger partial charge in [0.25, 0.3) is 0 Å². The van der Waals surface area contributed by atoms with Gasteiger partial charge in [-0.25, -0.2) is 9.59 Å². The lowest BCUT2D eigenvalue weighted by molar-refractivity contribution is 0.131. The Bertz CT molecular complexity index is 729. The molecule has 0 aliphatic rings. The van der Waals surface area contributed by atoms with Crippen LogP contribution in [-0.4, -0.2) is 29.6 Å². The van der Waals surface area contributed by atoms with E-state index in [0.717, 1.165) is 22.1 Å². The van der Waals surface area contributed by atoms with Gasteiger partial charge < -0.3 is 18.9 Å². The van der Waals surface area contributed by atoms with Crippen molar-refractivity contribution in [1.29, 1.82) is 0 Å². The Morgan fingerprint density at radius 2 is 2.25 bits per heavy atom. The number of pyridine rings is 1. The third-order valence-corrected chi connectivity index (χ3v) is 4.77. The Hall–Kier alpha value is -1.87. The molecule has 0 aliphatic heterocycles. The molecule has 0 aliphatic carbocycles. The van der Waals surface area contributed by atoms with E-state index in [1.807, 2.05) is 18.4 Å². The molecule has 0 spiro atoms. The van der Waals surface area contributed by atoms with Crippen molar-refractivity contribution in [3.63, 3.8) is 0 Å². The van der Waals surface area contributed by atoms with Crippen LogP contribution in [0.25, 0.3) is 0 Å². The maximum Gasteiger partial charge on any atom is 0.519 e. The highest BCUT2D eigenvalue weighted by molar-refractivity contribution is 7.99. The van der Waals surface area contributed by atoms with Gasteiger partial charge in [-0.2, -0.15) is 11.8 Å². The molecule has 0 bridgehead atoms. The van der Waals surface area contributed by atoms with Gasteiger partial charge in [0.1, 0.15) is 0 Å². The van der Waals surface area contributed by atoms with Gasteiger partial charge >= 0.3 is 11.9 Å². The number of carbonyl (C=O) groups excluding carboxylic acids is 1. The number of ether oxygens (including phenoxy) is 1. The van der Waals surface area contributed by atoms with Crippen molar-refractivity contribution in [2.24, 2.45) is 0 Å². The van der Waals surface area contributed by atoms with Crippen molar-refractivity contribution in [2.45, 2.75) is 24.2 Å². The van der Waals surface area contributed by atoms with Crippen LogP contribution >= 0.6 is 23.5 Å². The maximum atomic E-state index is 11.6. The Labute approximate surface area is 147 Å². The molecule has 0 aromatic carbocycles. The van der Waals surface area contributed by atoms with Gasteiger partial charge in [0.05, 0.1) is 5.69 Å². The first kappa shape index (κ1) is 18.5. The first-order chi connectivity index (χ1) is 11.6.